The molecule has 122 valence electrons. The first-order valence-electron chi connectivity index (χ1n) is 7.63. The molecule has 0 saturated carbocycles. The highest BCUT2D eigenvalue weighted by Crippen LogP contribution is 2.28. The first kappa shape index (κ1) is 17.3. The second kappa shape index (κ2) is 7.04. The van der Waals surface area contributed by atoms with Gasteiger partial charge in [0.1, 0.15) is 4.88 Å². The number of amides is 1. The maximum absolute atomic E-state index is 12.3. The van der Waals surface area contributed by atoms with Crippen LogP contribution >= 0.6 is 11.3 Å². The molecule has 1 N–H and O–H groups in total. The molecule has 1 heterocycles. The summed E-state index contributed by atoms with van der Waals surface area (Å²) in [5.74, 6) is -0.293. The Morgan fingerprint density at radius 1 is 1.26 bits per heavy atom. The van der Waals surface area contributed by atoms with E-state index in [0.29, 0.717) is 9.88 Å². The van der Waals surface area contributed by atoms with E-state index in [1.165, 1.54) is 18.7 Å². The van der Waals surface area contributed by atoms with E-state index in [9.17, 15) is 9.59 Å². The number of nitrogens with zero attached hydrogens (tertiary/aromatic N) is 1. The van der Waals surface area contributed by atoms with E-state index in [4.69, 9.17) is 0 Å². The van der Waals surface area contributed by atoms with Gasteiger partial charge in [0.15, 0.2) is 10.8 Å². The molecule has 0 radical (unpaired) electrons. The zero-order valence-electron chi connectivity index (χ0n) is 13.9. The molecule has 1 aromatic heterocycles. The Bertz CT molecular complexity index is 692. The monoisotopic (exact) mass is 330 g/mol. The molecular weight excluding hydrogens is 308 g/mol. The maximum Gasteiger partial charge on any atom is 0.263 e. The zero-order valence-corrected chi connectivity index (χ0v) is 14.7. The van der Waals surface area contributed by atoms with Crippen molar-refractivity contribution in [2.24, 2.45) is 0 Å². The van der Waals surface area contributed by atoms with Crippen LogP contribution in [0.15, 0.2) is 36.5 Å². The Morgan fingerprint density at radius 2 is 1.91 bits per heavy atom. The van der Waals surface area contributed by atoms with Crippen molar-refractivity contribution in [1.82, 2.24) is 10.3 Å². The normalized spacial score (nSPS) is 12.7. The molecule has 1 aromatic carbocycles. The van der Waals surface area contributed by atoms with Crippen LogP contribution in [-0.4, -0.2) is 22.7 Å². The van der Waals surface area contributed by atoms with Crippen LogP contribution in [0, 0.1) is 0 Å². The molecule has 5 heteroatoms. The van der Waals surface area contributed by atoms with Crippen LogP contribution < -0.4 is 5.32 Å². The molecule has 0 aliphatic rings. The second-order valence-electron chi connectivity index (χ2n) is 6.41. The predicted octanol–water partition coefficient (Wildman–Crippen LogP) is 3.83. The third kappa shape index (κ3) is 4.48. The van der Waals surface area contributed by atoms with Gasteiger partial charge in [0, 0.05) is 13.0 Å². The SMILES string of the molecule is CC(=O)c1ncc(C(=O)NC(C)CC(C)(C)c2ccccc2)s1. The van der Waals surface area contributed by atoms with Gasteiger partial charge in [-0.15, -0.1) is 11.3 Å². The van der Waals surface area contributed by atoms with E-state index < -0.39 is 0 Å². The van der Waals surface area contributed by atoms with Crippen molar-refractivity contribution in [2.75, 3.05) is 0 Å². The number of benzene rings is 1. The Hall–Kier alpha value is -2.01. The highest BCUT2D eigenvalue weighted by Gasteiger charge is 2.24. The summed E-state index contributed by atoms with van der Waals surface area (Å²) in [5, 5.41) is 3.36. The lowest BCUT2D eigenvalue weighted by atomic mass is 9.79. The summed E-state index contributed by atoms with van der Waals surface area (Å²) >= 11 is 1.13. The van der Waals surface area contributed by atoms with E-state index >= 15 is 0 Å². The molecule has 1 unspecified atom stereocenters. The number of hydrogen-bond donors (Lipinski definition) is 1. The molecular formula is C18H22N2O2S. The Labute approximate surface area is 141 Å². The molecule has 0 saturated heterocycles. The van der Waals surface area contributed by atoms with Gasteiger partial charge in [-0.1, -0.05) is 44.2 Å². The lowest BCUT2D eigenvalue weighted by Gasteiger charge is -2.29. The van der Waals surface area contributed by atoms with Crippen molar-refractivity contribution in [3.63, 3.8) is 0 Å². The Morgan fingerprint density at radius 3 is 2.48 bits per heavy atom. The lowest BCUT2D eigenvalue weighted by Crippen LogP contribution is -2.36. The highest BCUT2D eigenvalue weighted by molar-refractivity contribution is 7.15. The van der Waals surface area contributed by atoms with Crippen molar-refractivity contribution >= 4 is 23.0 Å². The second-order valence-corrected chi connectivity index (χ2v) is 7.45. The number of ketones is 1. The number of thiazole rings is 1. The number of carbonyl (C=O) groups excluding carboxylic acids is 2. The molecule has 2 aromatic rings. The van der Waals surface area contributed by atoms with Gasteiger partial charge in [0.2, 0.25) is 0 Å². The number of Topliss-reactive ketones (excluding diaryl/α,β-unsaturated/α-hetero) is 1. The van der Waals surface area contributed by atoms with Crippen molar-refractivity contribution in [1.29, 1.82) is 0 Å². The van der Waals surface area contributed by atoms with Crippen LogP contribution in [-0.2, 0) is 5.41 Å². The summed E-state index contributed by atoms with van der Waals surface area (Å²) in [6.07, 6.45) is 2.28. The van der Waals surface area contributed by atoms with E-state index in [0.717, 1.165) is 17.8 Å². The fourth-order valence-electron chi connectivity index (χ4n) is 2.66. The maximum atomic E-state index is 12.3. The number of hydrogen-bond acceptors (Lipinski definition) is 4. The fraction of sp³-hybridized carbons (Fsp3) is 0.389. The number of carbonyl (C=O) groups is 2. The third-order valence-electron chi connectivity index (χ3n) is 3.78. The number of nitrogens with one attached hydrogen (secondary N) is 1. The van der Waals surface area contributed by atoms with E-state index in [-0.39, 0.29) is 23.1 Å². The molecule has 1 amide bonds. The quantitative estimate of drug-likeness (QED) is 0.819. The molecule has 0 bridgehead atoms. The summed E-state index contributed by atoms with van der Waals surface area (Å²) < 4.78 is 0. The first-order chi connectivity index (χ1) is 10.8. The molecule has 23 heavy (non-hydrogen) atoms. The smallest absolute Gasteiger partial charge is 0.263 e. The number of rotatable bonds is 6. The van der Waals surface area contributed by atoms with E-state index in [1.54, 1.807) is 0 Å². The molecule has 4 nitrogen and oxygen atoms in total. The summed E-state index contributed by atoms with van der Waals surface area (Å²) in [6, 6.07) is 10.3. The average molecular weight is 330 g/mol. The molecule has 0 fully saturated rings. The van der Waals surface area contributed by atoms with Crippen molar-refractivity contribution in [2.45, 2.75) is 45.6 Å². The lowest BCUT2D eigenvalue weighted by molar-refractivity contribution is 0.0937. The van der Waals surface area contributed by atoms with Crippen LogP contribution in [0.25, 0.3) is 0 Å². The highest BCUT2D eigenvalue weighted by atomic mass is 32.1. The Kier molecular flexibility index (Phi) is 5.31. The number of aromatic nitrogens is 1. The Balaban J connectivity index is 1.99. The standard InChI is InChI=1S/C18H22N2O2S/c1-12(10-18(3,4)14-8-6-5-7-9-14)20-16(22)15-11-19-17(23-15)13(2)21/h5-9,11-12H,10H2,1-4H3,(H,20,22). The van der Waals surface area contributed by atoms with Gasteiger partial charge in [-0.2, -0.15) is 0 Å². The van der Waals surface area contributed by atoms with Gasteiger partial charge in [0.25, 0.3) is 5.91 Å². The van der Waals surface area contributed by atoms with Gasteiger partial charge >= 0.3 is 0 Å². The third-order valence-corrected chi connectivity index (χ3v) is 4.88. The van der Waals surface area contributed by atoms with Gasteiger partial charge in [0.05, 0.1) is 6.20 Å². The first-order valence-corrected chi connectivity index (χ1v) is 8.44. The van der Waals surface area contributed by atoms with Crippen molar-refractivity contribution in [3.8, 4) is 0 Å². The topological polar surface area (TPSA) is 59.1 Å². The molecule has 0 spiro atoms. The van der Waals surface area contributed by atoms with Crippen molar-refractivity contribution < 1.29 is 9.59 Å². The fourth-order valence-corrected chi connectivity index (χ4v) is 3.37. The van der Waals surface area contributed by atoms with E-state index in [2.05, 4.69) is 36.3 Å². The van der Waals surface area contributed by atoms with Crippen LogP contribution in [0.5, 0.6) is 0 Å². The minimum Gasteiger partial charge on any atom is -0.349 e. The summed E-state index contributed by atoms with van der Waals surface area (Å²) in [6.45, 7) is 7.79. The van der Waals surface area contributed by atoms with Gasteiger partial charge in [-0.3, -0.25) is 9.59 Å². The summed E-state index contributed by atoms with van der Waals surface area (Å²) in [7, 11) is 0. The van der Waals surface area contributed by atoms with E-state index in [1.807, 2.05) is 25.1 Å². The van der Waals surface area contributed by atoms with Gasteiger partial charge in [-0.05, 0) is 24.3 Å². The van der Waals surface area contributed by atoms with Crippen LogP contribution in [0.4, 0.5) is 0 Å². The largest absolute Gasteiger partial charge is 0.349 e. The summed E-state index contributed by atoms with van der Waals surface area (Å²) in [4.78, 5) is 28.0. The molecule has 0 aliphatic heterocycles. The van der Waals surface area contributed by atoms with Crippen LogP contribution in [0.2, 0.25) is 0 Å². The van der Waals surface area contributed by atoms with Gasteiger partial charge < -0.3 is 5.32 Å². The minimum atomic E-state index is -0.175. The minimum absolute atomic E-state index is 0.0144. The average Bonchev–Trinajstić information content (AvgIpc) is 2.97. The van der Waals surface area contributed by atoms with Gasteiger partial charge in [-0.25, -0.2) is 4.98 Å². The molecule has 0 aliphatic carbocycles. The predicted molar refractivity (Wildman–Crippen MR) is 93.1 cm³/mol. The molecule has 2 rings (SSSR count). The molecule has 1 atom stereocenters. The van der Waals surface area contributed by atoms with Crippen LogP contribution in [0.3, 0.4) is 0 Å². The summed E-state index contributed by atoms with van der Waals surface area (Å²) in [5.41, 5.74) is 1.21. The zero-order chi connectivity index (χ0) is 17.0. The van der Waals surface area contributed by atoms with Crippen molar-refractivity contribution in [3.05, 3.63) is 52.0 Å². The van der Waals surface area contributed by atoms with Crippen LogP contribution in [0.1, 0.15) is 59.2 Å².